The summed E-state index contributed by atoms with van der Waals surface area (Å²) in [6.45, 7) is 2.63. The second kappa shape index (κ2) is 8.87. The standard InChI is InChI=1S/C22H28N4O5/c1-29-17-10-14(11-18(30-2)20(17)31-3)12-19(27)26-9-6-16-15(13-26)21(28)24-22(23-16)25-7-4-5-8-25/h10-11H,4-9,12-13H2,1-3H3,(H,23,24,28). The van der Waals surface area contributed by atoms with Gasteiger partial charge in [0.2, 0.25) is 17.6 Å². The molecule has 0 unspecified atom stereocenters. The van der Waals surface area contributed by atoms with Gasteiger partial charge in [0.15, 0.2) is 11.5 Å². The van der Waals surface area contributed by atoms with Crippen LogP contribution in [0, 0.1) is 0 Å². The van der Waals surface area contributed by atoms with E-state index in [0.29, 0.717) is 41.7 Å². The fraction of sp³-hybridized carbons (Fsp3) is 0.500. The van der Waals surface area contributed by atoms with E-state index in [4.69, 9.17) is 14.2 Å². The Kier molecular flexibility index (Phi) is 6.01. The van der Waals surface area contributed by atoms with Gasteiger partial charge in [0, 0.05) is 26.1 Å². The molecule has 166 valence electrons. The Labute approximate surface area is 180 Å². The smallest absolute Gasteiger partial charge is 0.257 e. The zero-order chi connectivity index (χ0) is 22.0. The molecule has 31 heavy (non-hydrogen) atoms. The molecule has 0 atom stereocenters. The van der Waals surface area contributed by atoms with Gasteiger partial charge in [0.1, 0.15) is 0 Å². The number of aromatic nitrogens is 2. The van der Waals surface area contributed by atoms with Gasteiger partial charge in [-0.05, 0) is 30.5 Å². The first-order valence-electron chi connectivity index (χ1n) is 10.5. The maximum Gasteiger partial charge on any atom is 0.257 e. The van der Waals surface area contributed by atoms with Crippen molar-refractivity contribution < 1.29 is 19.0 Å². The molecule has 0 radical (unpaired) electrons. The van der Waals surface area contributed by atoms with E-state index in [1.54, 1.807) is 31.3 Å². The molecule has 0 spiro atoms. The number of H-pyrrole nitrogens is 1. The number of ether oxygens (including phenoxy) is 3. The fourth-order valence-corrected chi connectivity index (χ4v) is 4.23. The number of fused-ring (bicyclic) bond motifs is 1. The van der Waals surface area contributed by atoms with Crippen LogP contribution in [0.3, 0.4) is 0 Å². The lowest BCUT2D eigenvalue weighted by atomic mass is 10.0. The van der Waals surface area contributed by atoms with E-state index >= 15 is 0 Å². The summed E-state index contributed by atoms with van der Waals surface area (Å²) in [7, 11) is 4.62. The van der Waals surface area contributed by atoms with E-state index < -0.39 is 0 Å². The molecule has 2 aromatic rings. The maximum absolute atomic E-state index is 13.0. The van der Waals surface area contributed by atoms with E-state index in [1.165, 1.54) is 7.11 Å². The average Bonchev–Trinajstić information content (AvgIpc) is 3.33. The summed E-state index contributed by atoms with van der Waals surface area (Å²) in [5.74, 6) is 2.08. The zero-order valence-corrected chi connectivity index (χ0v) is 18.2. The van der Waals surface area contributed by atoms with Crippen molar-refractivity contribution in [2.24, 2.45) is 0 Å². The van der Waals surface area contributed by atoms with Crippen molar-refractivity contribution in [3.8, 4) is 17.2 Å². The Bertz CT molecular complexity index is 1000. The summed E-state index contributed by atoms with van der Waals surface area (Å²) in [6, 6.07) is 3.54. The molecule has 0 saturated carbocycles. The first-order valence-corrected chi connectivity index (χ1v) is 10.5. The molecular weight excluding hydrogens is 400 g/mol. The number of rotatable bonds is 6. The third-order valence-corrected chi connectivity index (χ3v) is 5.89. The normalized spacial score (nSPS) is 15.6. The topological polar surface area (TPSA) is 97.0 Å². The summed E-state index contributed by atoms with van der Waals surface area (Å²) in [6.07, 6.45) is 2.97. The van der Waals surface area contributed by atoms with E-state index in [-0.39, 0.29) is 24.4 Å². The van der Waals surface area contributed by atoms with Crippen LogP contribution in [0.25, 0.3) is 0 Å². The molecule has 0 aliphatic carbocycles. The van der Waals surface area contributed by atoms with E-state index in [2.05, 4.69) is 14.9 Å². The SMILES string of the molecule is COc1cc(CC(=O)N2CCc3nc(N4CCCC4)[nH]c(=O)c3C2)cc(OC)c1OC. The summed E-state index contributed by atoms with van der Waals surface area (Å²) in [5, 5.41) is 0. The Morgan fingerprint density at radius 3 is 2.35 bits per heavy atom. The first kappa shape index (κ1) is 21.0. The Balaban J connectivity index is 1.51. The van der Waals surface area contributed by atoms with Gasteiger partial charge in [-0.3, -0.25) is 14.6 Å². The number of carbonyl (C=O) groups is 1. The molecule has 3 heterocycles. The van der Waals surface area contributed by atoms with Crippen molar-refractivity contribution in [1.29, 1.82) is 0 Å². The molecule has 1 saturated heterocycles. The predicted octanol–water partition coefficient (Wildman–Crippen LogP) is 1.52. The van der Waals surface area contributed by atoms with Crippen molar-refractivity contribution in [3.63, 3.8) is 0 Å². The Morgan fingerprint density at radius 2 is 1.74 bits per heavy atom. The molecule has 1 aromatic heterocycles. The highest BCUT2D eigenvalue weighted by Gasteiger charge is 2.26. The average molecular weight is 428 g/mol. The molecule has 1 N–H and O–H groups in total. The largest absolute Gasteiger partial charge is 0.493 e. The van der Waals surface area contributed by atoms with Crippen LogP contribution in [0.5, 0.6) is 17.2 Å². The molecule has 1 fully saturated rings. The van der Waals surface area contributed by atoms with Gasteiger partial charge in [-0.2, -0.15) is 0 Å². The van der Waals surface area contributed by atoms with Crippen LogP contribution in [-0.4, -0.2) is 61.7 Å². The van der Waals surface area contributed by atoms with Gasteiger partial charge in [0.05, 0.1) is 45.6 Å². The molecule has 9 heteroatoms. The van der Waals surface area contributed by atoms with Crippen LogP contribution >= 0.6 is 0 Å². The number of nitrogens with one attached hydrogen (secondary N) is 1. The minimum Gasteiger partial charge on any atom is -0.493 e. The summed E-state index contributed by atoms with van der Waals surface area (Å²) in [4.78, 5) is 37.1. The highest BCUT2D eigenvalue weighted by molar-refractivity contribution is 5.79. The highest BCUT2D eigenvalue weighted by Crippen LogP contribution is 2.38. The van der Waals surface area contributed by atoms with Crippen LogP contribution < -0.4 is 24.7 Å². The number of hydrogen-bond acceptors (Lipinski definition) is 7. The number of anilines is 1. The van der Waals surface area contributed by atoms with Crippen LogP contribution in [0.4, 0.5) is 5.95 Å². The number of nitrogens with zero attached hydrogens (tertiary/aromatic N) is 3. The third kappa shape index (κ3) is 4.17. The third-order valence-electron chi connectivity index (χ3n) is 5.89. The van der Waals surface area contributed by atoms with Crippen molar-refractivity contribution in [2.45, 2.75) is 32.2 Å². The lowest BCUT2D eigenvalue weighted by molar-refractivity contribution is -0.131. The van der Waals surface area contributed by atoms with Gasteiger partial charge in [-0.1, -0.05) is 0 Å². The van der Waals surface area contributed by atoms with Gasteiger partial charge >= 0.3 is 0 Å². The number of aromatic amines is 1. The molecule has 1 aromatic carbocycles. The van der Waals surface area contributed by atoms with Crippen LogP contribution in [0.2, 0.25) is 0 Å². The molecule has 2 aliphatic rings. The van der Waals surface area contributed by atoms with Crippen molar-refractivity contribution in [3.05, 3.63) is 39.3 Å². The fourth-order valence-electron chi connectivity index (χ4n) is 4.23. The van der Waals surface area contributed by atoms with Gasteiger partial charge in [-0.15, -0.1) is 0 Å². The number of hydrogen-bond donors (Lipinski definition) is 1. The second-order valence-electron chi connectivity index (χ2n) is 7.78. The summed E-state index contributed by atoms with van der Waals surface area (Å²) >= 11 is 0. The predicted molar refractivity (Wildman–Crippen MR) is 115 cm³/mol. The van der Waals surface area contributed by atoms with E-state index in [0.717, 1.165) is 37.2 Å². The van der Waals surface area contributed by atoms with E-state index in [1.807, 2.05) is 0 Å². The summed E-state index contributed by atoms with van der Waals surface area (Å²) < 4.78 is 16.1. The molecular formula is C22H28N4O5. The number of carbonyl (C=O) groups excluding carboxylic acids is 1. The maximum atomic E-state index is 13.0. The monoisotopic (exact) mass is 428 g/mol. The lowest BCUT2D eigenvalue weighted by Crippen LogP contribution is -2.40. The zero-order valence-electron chi connectivity index (χ0n) is 18.2. The summed E-state index contributed by atoms with van der Waals surface area (Å²) in [5.41, 5.74) is 1.97. The molecule has 1 amide bonds. The first-order chi connectivity index (χ1) is 15.0. The number of methoxy groups -OCH3 is 3. The van der Waals surface area contributed by atoms with E-state index in [9.17, 15) is 9.59 Å². The van der Waals surface area contributed by atoms with Crippen molar-refractivity contribution >= 4 is 11.9 Å². The Hall–Kier alpha value is -3.23. The van der Waals surface area contributed by atoms with Crippen LogP contribution in [0.1, 0.15) is 29.7 Å². The molecule has 9 nitrogen and oxygen atoms in total. The minimum absolute atomic E-state index is 0.0667. The number of amides is 1. The molecule has 0 bridgehead atoms. The lowest BCUT2D eigenvalue weighted by Gasteiger charge is -2.29. The van der Waals surface area contributed by atoms with Gasteiger partial charge in [-0.25, -0.2) is 4.98 Å². The highest BCUT2D eigenvalue weighted by atomic mass is 16.5. The second-order valence-corrected chi connectivity index (χ2v) is 7.78. The Morgan fingerprint density at radius 1 is 1.06 bits per heavy atom. The van der Waals surface area contributed by atoms with Gasteiger partial charge in [0.25, 0.3) is 5.56 Å². The van der Waals surface area contributed by atoms with Crippen LogP contribution in [0.15, 0.2) is 16.9 Å². The minimum atomic E-state index is -0.155. The molecule has 4 rings (SSSR count). The van der Waals surface area contributed by atoms with Crippen LogP contribution in [-0.2, 0) is 24.2 Å². The molecule has 2 aliphatic heterocycles. The van der Waals surface area contributed by atoms with Crippen molar-refractivity contribution in [1.82, 2.24) is 14.9 Å². The van der Waals surface area contributed by atoms with Crippen molar-refractivity contribution in [2.75, 3.05) is 45.9 Å². The van der Waals surface area contributed by atoms with Gasteiger partial charge < -0.3 is 24.0 Å². The number of benzene rings is 1. The quantitative estimate of drug-likeness (QED) is 0.745.